The van der Waals surface area contributed by atoms with Crippen LogP contribution >= 0.6 is 0 Å². The third kappa shape index (κ3) is 4.71. The lowest BCUT2D eigenvalue weighted by atomic mass is 10.1. The highest BCUT2D eigenvalue weighted by molar-refractivity contribution is 5.93. The van der Waals surface area contributed by atoms with Crippen molar-refractivity contribution < 1.29 is 19.0 Å². The molecule has 0 atom stereocenters. The van der Waals surface area contributed by atoms with Gasteiger partial charge in [-0.05, 0) is 35.9 Å². The van der Waals surface area contributed by atoms with E-state index in [1.165, 1.54) is 13.4 Å². The maximum Gasteiger partial charge on any atom is 0.339 e. The van der Waals surface area contributed by atoms with Crippen molar-refractivity contribution in [2.24, 2.45) is 0 Å². The van der Waals surface area contributed by atoms with Gasteiger partial charge < -0.3 is 23.7 Å². The summed E-state index contributed by atoms with van der Waals surface area (Å²) in [5, 5.41) is 0. The Balaban J connectivity index is 1.14. The number of aromatic nitrogens is 3. The molecule has 0 radical (unpaired) electrons. The third-order valence-electron chi connectivity index (χ3n) is 5.65. The standard InChI is InChI=1S/C26H24N4O4/c1-32-26(31)24-4-2-3-5-25(24)29-11-10-20(14-29)30-15-23(16-30)34-21-8-6-19(7-9-21)17-33-22-12-27-18-28-13-22/h2-14,18,23H,15-17H2,1H3. The molecule has 5 rings (SSSR count). The summed E-state index contributed by atoms with van der Waals surface area (Å²) in [6.45, 7) is 2.03. The van der Waals surface area contributed by atoms with Gasteiger partial charge in [0.15, 0.2) is 5.75 Å². The van der Waals surface area contributed by atoms with E-state index in [0.29, 0.717) is 17.9 Å². The zero-order valence-electron chi connectivity index (χ0n) is 18.7. The van der Waals surface area contributed by atoms with Crippen LogP contribution in [-0.4, -0.2) is 46.8 Å². The smallest absolute Gasteiger partial charge is 0.339 e. The van der Waals surface area contributed by atoms with E-state index in [0.717, 1.165) is 35.8 Å². The molecule has 8 nitrogen and oxygen atoms in total. The van der Waals surface area contributed by atoms with Gasteiger partial charge in [0, 0.05) is 12.4 Å². The molecule has 2 aromatic carbocycles. The third-order valence-corrected chi connectivity index (χ3v) is 5.65. The van der Waals surface area contributed by atoms with E-state index in [1.807, 2.05) is 65.5 Å². The van der Waals surface area contributed by atoms with Gasteiger partial charge in [0.05, 0.1) is 49.5 Å². The summed E-state index contributed by atoms with van der Waals surface area (Å²) in [6.07, 6.45) is 8.84. The summed E-state index contributed by atoms with van der Waals surface area (Å²) < 4.78 is 18.6. The Morgan fingerprint density at radius 2 is 1.76 bits per heavy atom. The molecule has 1 aliphatic rings. The van der Waals surface area contributed by atoms with Gasteiger partial charge in [0.25, 0.3) is 0 Å². The summed E-state index contributed by atoms with van der Waals surface area (Å²) in [6, 6.07) is 17.4. The van der Waals surface area contributed by atoms with E-state index >= 15 is 0 Å². The number of methoxy groups -OCH3 is 1. The molecule has 8 heteroatoms. The summed E-state index contributed by atoms with van der Waals surface area (Å²) in [5.74, 6) is 1.12. The van der Waals surface area contributed by atoms with Crippen LogP contribution in [0.2, 0.25) is 0 Å². The first-order chi connectivity index (χ1) is 16.7. The van der Waals surface area contributed by atoms with Crippen molar-refractivity contribution in [1.29, 1.82) is 0 Å². The molecule has 2 aromatic heterocycles. The van der Waals surface area contributed by atoms with Gasteiger partial charge in [-0.15, -0.1) is 0 Å². The Bertz CT molecular complexity index is 1250. The average Bonchev–Trinajstić information content (AvgIpc) is 3.35. The molecule has 0 aliphatic carbocycles. The van der Waals surface area contributed by atoms with Crippen LogP contribution in [0.15, 0.2) is 85.7 Å². The normalized spacial score (nSPS) is 13.3. The number of hydrogen-bond donors (Lipinski definition) is 0. The first kappa shape index (κ1) is 21.5. The van der Waals surface area contributed by atoms with Gasteiger partial charge in [-0.1, -0.05) is 24.3 Å². The highest BCUT2D eigenvalue weighted by Crippen LogP contribution is 2.27. The van der Waals surface area contributed by atoms with Crippen molar-refractivity contribution >= 4 is 11.7 Å². The summed E-state index contributed by atoms with van der Waals surface area (Å²) in [7, 11) is 1.39. The molecule has 0 N–H and O–H groups in total. The van der Waals surface area contributed by atoms with Crippen LogP contribution in [0.25, 0.3) is 5.69 Å². The monoisotopic (exact) mass is 456 g/mol. The van der Waals surface area contributed by atoms with Crippen LogP contribution in [0.3, 0.4) is 0 Å². The lowest BCUT2D eigenvalue weighted by Gasteiger charge is -2.40. The van der Waals surface area contributed by atoms with E-state index in [4.69, 9.17) is 14.2 Å². The van der Waals surface area contributed by atoms with Crippen molar-refractivity contribution in [2.45, 2.75) is 12.7 Å². The van der Waals surface area contributed by atoms with Crippen molar-refractivity contribution in [1.82, 2.24) is 14.5 Å². The second kappa shape index (κ2) is 9.66. The first-order valence-corrected chi connectivity index (χ1v) is 10.9. The number of ether oxygens (including phenoxy) is 3. The number of para-hydroxylation sites is 1. The molecule has 1 saturated heterocycles. The topological polar surface area (TPSA) is 78.7 Å². The molecular formula is C26H24N4O4. The van der Waals surface area contributed by atoms with E-state index < -0.39 is 0 Å². The van der Waals surface area contributed by atoms with Crippen LogP contribution in [0, 0.1) is 0 Å². The predicted molar refractivity (Wildman–Crippen MR) is 127 cm³/mol. The molecule has 34 heavy (non-hydrogen) atoms. The van der Waals surface area contributed by atoms with Gasteiger partial charge in [-0.25, -0.2) is 14.8 Å². The molecule has 0 unspecified atom stereocenters. The highest BCUT2D eigenvalue weighted by Gasteiger charge is 2.29. The number of nitrogens with zero attached hydrogens (tertiary/aromatic N) is 4. The van der Waals surface area contributed by atoms with E-state index in [-0.39, 0.29) is 12.1 Å². The van der Waals surface area contributed by atoms with Gasteiger partial charge in [-0.3, -0.25) is 0 Å². The minimum absolute atomic E-state index is 0.120. The van der Waals surface area contributed by atoms with Crippen LogP contribution in [0.4, 0.5) is 5.69 Å². The predicted octanol–water partition coefficient (Wildman–Crippen LogP) is 3.90. The number of benzene rings is 2. The Morgan fingerprint density at radius 3 is 2.53 bits per heavy atom. The summed E-state index contributed by atoms with van der Waals surface area (Å²) in [4.78, 5) is 22.2. The number of esters is 1. The van der Waals surface area contributed by atoms with E-state index in [1.54, 1.807) is 18.5 Å². The summed E-state index contributed by atoms with van der Waals surface area (Å²) in [5.41, 5.74) is 3.44. The fourth-order valence-electron chi connectivity index (χ4n) is 3.81. The number of rotatable bonds is 8. The zero-order valence-corrected chi connectivity index (χ0v) is 18.7. The fourth-order valence-corrected chi connectivity index (χ4v) is 3.81. The molecule has 0 spiro atoms. The number of carbonyl (C=O) groups excluding carboxylic acids is 1. The Labute approximate surface area is 197 Å². The van der Waals surface area contributed by atoms with Gasteiger partial charge >= 0.3 is 5.97 Å². The second-order valence-electron chi connectivity index (χ2n) is 7.94. The molecule has 172 valence electrons. The Kier molecular flexibility index (Phi) is 6.11. The Hall–Kier alpha value is -4.33. The molecule has 0 saturated carbocycles. The van der Waals surface area contributed by atoms with Gasteiger partial charge in [0.1, 0.15) is 24.8 Å². The van der Waals surface area contributed by atoms with Gasteiger partial charge in [-0.2, -0.15) is 0 Å². The quantitative estimate of drug-likeness (QED) is 0.372. The van der Waals surface area contributed by atoms with E-state index in [2.05, 4.69) is 14.9 Å². The van der Waals surface area contributed by atoms with Crippen LogP contribution in [0.5, 0.6) is 11.5 Å². The number of hydrogen-bond acceptors (Lipinski definition) is 7. The lowest BCUT2D eigenvalue weighted by molar-refractivity contribution is 0.0600. The van der Waals surface area contributed by atoms with Crippen molar-refractivity contribution in [3.05, 3.63) is 96.8 Å². The SMILES string of the molecule is COC(=O)c1ccccc1-n1ccc(N2CC(Oc3ccc(COc4cncnc4)cc3)C2)c1. The highest BCUT2D eigenvalue weighted by atomic mass is 16.5. The van der Waals surface area contributed by atoms with Crippen LogP contribution in [0.1, 0.15) is 15.9 Å². The molecule has 4 aromatic rings. The van der Waals surface area contributed by atoms with E-state index in [9.17, 15) is 4.79 Å². The molecule has 1 fully saturated rings. The lowest BCUT2D eigenvalue weighted by Crippen LogP contribution is -2.53. The average molecular weight is 457 g/mol. The van der Waals surface area contributed by atoms with Crippen molar-refractivity contribution in [3.63, 3.8) is 0 Å². The van der Waals surface area contributed by atoms with Crippen LogP contribution < -0.4 is 14.4 Å². The minimum Gasteiger partial charge on any atom is -0.487 e. The fraction of sp³-hybridized carbons (Fsp3) is 0.192. The molecule has 0 bridgehead atoms. The summed E-state index contributed by atoms with van der Waals surface area (Å²) >= 11 is 0. The zero-order chi connectivity index (χ0) is 23.3. The molecular weight excluding hydrogens is 432 g/mol. The molecule has 3 heterocycles. The molecule has 0 amide bonds. The maximum atomic E-state index is 12.1. The second-order valence-corrected chi connectivity index (χ2v) is 7.94. The number of carbonyl (C=O) groups is 1. The Morgan fingerprint density at radius 1 is 1.00 bits per heavy atom. The van der Waals surface area contributed by atoms with Gasteiger partial charge in [0.2, 0.25) is 0 Å². The minimum atomic E-state index is -0.352. The first-order valence-electron chi connectivity index (χ1n) is 10.9. The number of anilines is 1. The van der Waals surface area contributed by atoms with Crippen LogP contribution in [-0.2, 0) is 11.3 Å². The van der Waals surface area contributed by atoms with Crippen molar-refractivity contribution in [2.75, 3.05) is 25.1 Å². The largest absolute Gasteiger partial charge is 0.487 e. The maximum absolute atomic E-state index is 12.1. The van der Waals surface area contributed by atoms with Crippen molar-refractivity contribution in [3.8, 4) is 17.2 Å². The molecule has 1 aliphatic heterocycles.